The molecule has 2 unspecified atom stereocenters. The molecule has 1 aliphatic heterocycles. The smallest absolute Gasteiger partial charge is 0.310 e. The van der Waals surface area contributed by atoms with Crippen molar-refractivity contribution in [3.8, 4) is 0 Å². The lowest BCUT2D eigenvalue weighted by Crippen LogP contribution is -2.27. The molecule has 88 valence electrons. The normalized spacial score (nSPS) is 26.7. The van der Waals surface area contributed by atoms with Gasteiger partial charge in [0.25, 0.3) is 0 Å². The summed E-state index contributed by atoms with van der Waals surface area (Å²) in [6, 6.07) is 0. The molecule has 1 heterocycles. The van der Waals surface area contributed by atoms with Crippen LogP contribution in [0, 0.1) is 17.3 Å². The van der Waals surface area contributed by atoms with E-state index >= 15 is 0 Å². The largest absolute Gasteiger partial charge is 0.466 e. The van der Waals surface area contributed by atoms with Crippen molar-refractivity contribution in [3.63, 3.8) is 0 Å². The molecule has 0 bridgehead atoms. The molecular weight excluding hydrogens is 190 g/mol. The van der Waals surface area contributed by atoms with Crippen molar-refractivity contribution in [1.82, 2.24) is 5.32 Å². The summed E-state index contributed by atoms with van der Waals surface area (Å²) in [5.41, 5.74) is 0.279. The Kier molecular flexibility index (Phi) is 4.14. The molecular formula is C12H23NO2. The van der Waals surface area contributed by atoms with Crippen molar-refractivity contribution in [2.45, 2.75) is 34.1 Å². The summed E-state index contributed by atoms with van der Waals surface area (Å²) in [4.78, 5) is 11.7. The lowest BCUT2D eigenvalue weighted by molar-refractivity contribution is -0.148. The van der Waals surface area contributed by atoms with Crippen LogP contribution in [0.3, 0.4) is 0 Å². The second kappa shape index (κ2) is 4.97. The highest BCUT2D eigenvalue weighted by molar-refractivity contribution is 5.73. The highest BCUT2D eigenvalue weighted by atomic mass is 16.5. The van der Waals surface area contributed by atoms with Crippen molar-refractivity contribution in [1.29, 1.82) is 0 Å². The zero-order valence-corrected chi connectivity index (χ0v) is 10.3. The van der Waals surface area contributed by atoms with Gasteiger partial charge in [0.2, 0.25) is 0 Å². The molecule has 3 nitrogen and oxygen atoms in total. The molecule has 15 heavy (non-hydrogen) atoms. The number of nitrogens with one attached hydrogen (secondary N) is 1. The van der Waals surface area contributed by atoms with Crippen LogP contribution >= 0.6 is 0 Å². The van der Waals surface area contributed by atoms with Crippen molar-refractivity contribution in [3.05, 3.63) is 0 Å². The van der Waals surface area contributed by atoms with Crippen LogP contribution in [-0.2, 0) is 9.53 Å². The Morgan fingerprint density at radius 2 is 2.07 bits per heavy atom. The van der Waals surface area contributed by atoms with Gasteiger partial charge in [-0.1, -0.05) is 20.8 Å². The van der Waals surface area contributed by atoms with Gasteiger partial charge in [-0.2, -0.15) is 0 Å². The van der Waals surface area contributed by atoms with E-state index in [0.29, 0.717) is 12.5 Å². The molecule has 1 aliphatic rings. The molecule has 1 rings (SSSR count). The summed E-state index contributed by atoms with van der Waals surface area (Å²) in [5, 5.41) is 3.28. The molecule has 0 aromatic carbocycles. The van der Waals surface area contributed by atoms with Gasteiger partial charge in [0.1, 0.15) is 0 Å². The summed E-state index contributed by atoms with van der Waals surface area (Å²) in [6.07, 6.45) is 1.07. The first-order valence-electron chi connectivity index (χ1n) is 5.81. The van der Waals surface area contributed by atoms with Gasteiger partial charge in [-0.05, 0) is 31.2 Å². The van der Waals surface area contributed by atoms with Gasteiger partial charge in [-0.3, -0.25) is 4.79 Å². The van der Waals surface area contributed by atoms with Crippen LogP contribution < -0.4 is 5.32 Å². The second-order valence-corrected chi connectivity index (χ2v) is 5.54. The Morgan fingerprint density at radius 3 is 2.60 bits per heavy atom. The van der Waals surface area contributed by atoms with Gasteiger partial charge >= 0.3 is 5.97 Å². The lowest BCUT2D eigenvalue weighted by atomic mass is 9.80. The average Bonchev–Trinajstić information content (AvgIpc) is 2.49. The molecule has 0 amide bonds. The van der Waals surface area contributed by atoms with E-state index < -0.39 is 0 Å². The highest BCUT2D eigenvalue weighted by Gasteiger charge is 2.35. The first kappa shape index (κ1) is 12.5. The zero-order valence-electron chi connectivity index (χ0n) is 10.3. The monoisotopic (exact) mass is 213 g/mol. The topological polar surface area (TPSA) is 38.3 Å². The van der Waals surface area contributed by atoms with Crippen molar-refractivity contribution in [2.24, 2.45) is 17.3 Å². The number of hydrogen-bond donors (Lipinski definition) is 1. The van der Waals surface area contributed by atoms with E-state index in [2.05, 4.69) is 26.1 Å². The predicted molar refractivity (Wildman–Crippen MR) is 60.6 cm³/mol. The van der Waals surface area contributed by atoms with Gasteiger partial charge in [-0.25, -0.2) is 0 Å². The molecule has 0 aromatic heterocycles. The van der Waals surface area contributed by atoms with Crippen molar-refractivity contribution < 1.29 is 9.53 Å². The minimum atomic E-state index is -0.0308. The van der Waals surface area contributed by atoms with E-state index in [4.69, 9.17) is 4.74 Å². The Bertz CT molecular complexity index is 220. The fourth-order valence-corrected chi connectivity index (χ4v) is 2.26. The standard InChI is InChI=1S/C12H23NO2/c1-5-15-11(14)10-8-13-7-9(10)6-12(2,3)4/h9-10,13H,5-8H2,1-4H3. The minimum Gasteiger partial charge on any atom is -0.466 e. The molecule has 0 aromatic rings. The van der Waals surface area contributed by atoms with E-state index in [1.807, 2.05) is 6.92 Å². The van der Waals surface area contributed by atoms with Crippen LogP contribution in [0.25, 0.3) is 0 Å². The Balaban J connectivity index is 2.53. The van der Waals surface area contributed by atoms with Gasteiger partial charge in [0.05, 0.1) is 12.5 Å². The number of hydrogen-bond acceptors (Lipinski definition) is 3. The molecule has 0 spiro atoms. The third-order valence-electron chi connectivity index (χ3n) is 2.80. The summed E-state index contributed by atoms with van der Waals surface area (Å²) in [7, 11) is 0. The minimum absolute atomic E-state index is 0.0308. The third-order valence-corrected chi connectivity index (χ3v) is 2.80. The number of esters is 1. The molecule has 0 saturated carbocycles. The van der Waals surface area contributed by atoms with Gasteiger partial charge in [0, 0.05) is 6.54 Å². The molecule has 2 atom stereocenters. The Labute approximate surface area is 92.6 Å². The molecule has 1 N–H and O–H groups in total. The summed E-state index contributed by atoms with van der Waals surface area (Å²) < 4.78 is 5.09. The van der Waals surface area contributed by atoms with Crippen LogP contribution in [-0.4, -0.2) is 25.7 Å². The average molecular weight is 213 g/mol. The van der Waals surface area contributed by atoms with Crippen LogP contribution in [0.5, 0.6) is 0 Å². The number of carbonyl (C=O) groups is 1. The van der Waals surface area contributed by atoms with Crippen molar-refractivity contribution >= 4 is 5.97 Å². The van der Waals surface area contributed by atoms with E-state index in [1.165, 1.54) is 0 Å². The van der Waals surface area contributed by atoms with Crippen LogP contribution in [0.15, 0.2) is 0 Å². The van der Waals surface area contributed by atoms with E-state index in [1.54, 1.807) is 0 Å². The maximum absolute atomic E-state index is 11.7. The summed E-state index contributed by atoms with van der Waals surface area (Å²) >= 11 is 0. The maximum Gasteiger partial charge on any atom is 0.310 e. The quantitative estimate of drug-likeness (QED) is 0.727. The molecule has 0 radical (unpaired) electrons. The number of ether oxygens (including phenoxy) is 1. The molecule has 3 heteroatoms. The fraction of sp³-hybridized carbons (Fsp3) is 0.917. The van der Waals surface area contributed by atoms with Gasteiger partial charge < -0.3 is 10.1 Å². The molecule has 1 saturated heterocycles. The van der Waals surface area contributed by atoms with E-state index in [9.17, 15) is 4.79 Å². The highest BCUT2D eigenvalue weighted by Crippen LogP contribution is 2.31. The van der Waals surface area contributed by atoms with Crippen LogP contribution in [0.4, 0.5) is 0 Å². The molecule has 1 fully saturated rings. The Hall–Kier alpha value is -0.570. The number of rotatable bonds is 3. The summed E-state index contributed by atoms with van der Waals surface area (Å²) in [6.45, 7) is 10.7. The first-order chi connectivity index (χ1) is 6.94. The van der Waals surface area contributed by atoms with Crippen LogP contribution in [0.1, 0.15) is 34.1 Å². The van der Waals surface area contributed by atoms with E-state index in [-0.39, 0.29) is 17.3 Å². The van der Waals surface area contributed by atoms with Crippen LogP contribution in [0.2, 0.25) is 0 Å². The van der Waals surface area contributed by atoms with E-state index in [0.717, 1.165) is 19.5 Å². The molecule has 0 aliphatic carbocycles. The Morgan fingerprint density at radius 1 is 1.40 bits per heavy atom. The first-order valence-corrected chi connectivity index (χ1v) is 5.81. The zero-order chi connectivity index (χ0) is 11.5. The maximum atomic E-state index is 11.7. The number of carbonyl (C=O) groups excluding carboxylic acids is 1. The summed E-state index contributed by atoms with van der Waals surface area (Å²) in [5.74, 6) is 0.463. The fourth-order valence-electron chi connectivity index (χ4n) is 2.26. The lowest BCUT2D eigenvalue weighted by Gasteiger charge is -2.25. The second-order valence-electron chi connectivity index (χ2n) is 5.54. The van der Waals surface area contributed by atoms with Crippen molar-refractivity contribution in [2.75, 3.05) is 19.7 Å². The SMILES string of the molecule is CCOC(=O)C1CNCC1CC(C)(C)C. The third kappa shape index (κ3) is 3.82. The predicted octanol–water partition coefficient (Wildman–Crippen LogP) is 1.82. The van der Waals surface area contributed by atoms with Gasteiger partial charge in [0.15, 0.2) is 0 Å². The van der Waals surface area contributed by atoms with Gasteiger partial charge in [-0.15, -0.1) is 0 Å².